The van der Waals surface area contributed by atoms with Crippen LogP contribution in [-0.4, -0.2) is 20.7 Å². The highest BCUT2D eigenvalue weighted by Gasteiger charge is 2.14. The topological polar surface area (TPSA) is 69.0 Å². The largest absolute Gasteiger partial charge is 0.457 e. The molecule has 4 rings (SSSR count). The van der Waals surface area contributed by atoms with Crippen molar-refractivity contribution in [2.45, 2.75) is 6.92 Å². The number of carbonyl (C=O) groups excluding carboxylic acids is 1. The van der Waals surface area contributed by atoms with Crippen molar-refractivity contribution in [3.63, 3.8) is 0 Å². The molecule has 1 N–H and O–H groups in total. The molecule has 6 nitrogen and oxygen atoms in total. The Morgan fingerprint density at radius 1 is 1.12 bits per heavy atom. The van der Waals surface area contributed by atoms with Crippen molar-refractivity contribution in [3.8, 4) is 11.5 Å². The molecule has 4 aromatic rings. The van der Waals surface area contributed by atoms with Crippen LogP contribution in [0.4, 0.5) is 5.13 Å². The minimum Gasteiger partial charge on any atom is -0.457 e. The number of aromatic nitrogens is 3. The first-order chi connectivity index (χ1) is 12.6. The van der Waals surface area contributed by atoms with Crippen LogP contribution < -0.4 is 10.1 Å². The van der Waals surface area contributed by atoms with Gasteiger partial charge in [0.15, 0.2) is 5.13 Å². The van der Waals surface area contributed by atoms with Crippen molar-refractivity contribution >= 4 is 32.6 Å². The fraction of sp³-hybridized carbons (Fsp3) is 0.105. The number of anilines is 1. The molecule has 0 aliphatic carbocycles. The quantitative estimate of drug-likeness (QED) is 0.583. The molecule has 2 heterocycles. The summed E-state index contributed by atoms with van der Waals surface area (Å²) in [7, 11) is 1.74. The summed E-state index contributed by atoms with van der Waals surface area (Å²) in [5, 5.41) is 7.57. The fourth-order valence-corrected chi connectivity index (χ4v) is 3.52. The van der Waals surface area contributed by atoms with Gasteiger partial charge in [-0.25, -0.2) is 4.98 Å². The maximum atomic E-state index is 12.4. The van der Waals surface area contributed by atoms with E-state index in [0.717, 1.165) is 27.4 Å². The Morgan fingerprint density at radius 2 is 1.92 bits per heavy atom. The lowest BCUT2D eigenvalue weighted by Crippen LogP contribution is -2.15. The Labute approximate surface area is 154 Å². The average molecular weight is 364 g/mol. The van der Waals surface area contributed by atoms with Crippen LogP contribution in [-0.2, 0) is 7.05 Å². The van der Waals surface area contributed by atoms with Crippen LogP contribution >= 0.6 is 11.3 Å². The number of thiazole rings is 1. The first-order valence-corrected chi connectivity index (χ1v) is 8.85. The van der Waals surface area contributed by atoms with Crippen LogP contribution in [0, 0.1) is 6.92 Å². The van der Waals surface area contributed by atoms with Gasteiger partial charge in [0, 0.05) is 13.1 Å². The van der Waals surface area contributed by atoms with Crippen LogP contribution in [0.5, 0.6) is 11.5 Å². The lowest BCUT2D eigenvalue weighted by Gasteiger charge is -2.04. The summed E-state index contributed by atoms with van der Waals surface area (Å²) >= 11 is 1.40. The van der Waals surface area contributed by atoms with Crippen LogP contribution in [0.3, 0.4) is 0 Å². The second kappa shape index (κ2) is 6.61. The van der Waals surface area contributed by atoms with E-state index in [4.69, 9.17) is 4.74 Å². The summed E-state index contributed by atoms with van der Waals surface area (Å²) in [6, 6.07) is 17.0. The minimum atomic E-state index is -0.229. The van der Waals surface area contributed by atoms with Gasteiger partial charge in [-0.2, -0.15) is 5.10 Å². The van der Waals surface area contributed by atoms with Gasteiger partial charge in [-0.05, 0) is 37.3 Å². The van der Waals surface area contributed by atoms with Crippen molar-refractivity contribution < 1.29 is 9.53 Å². The van der Waals surface area contributed by atoms with Crippen molar-refractivity contribution in [1.82, 2.24) is 14.8 Å². The molecular weight excluding hydrogens is 348 g/mol. The monoisotopic (exact) mass is 364 g/mol. The van der Waals surface area contributed by atoms with Crippen molar-refractivity contribution in [2.24, 2.45) is 7.05 Å². The molecule has 0 saturated heterocycles. The maximum absolute atomic E-state index is 12.4. The Kier molecular flexibility index (Phi) is 4.14. The number of aryl methyl sites for hydroxylation is 2. The number of hydrogen-bond donors (Lipinski definition) is 1. The molecular formula is C19H16N4O2S. The number of carbonyl (C=O) groups is 1. The van der Waals surface area contributed by atoms with Crippen LogP contribution in [0.15, 0.2) is 54.6 Å². The number of hydrogen-bond acceptors (Lipinski definition) is 5. The Morgan fingerprint density at radius 3 is 2.65 bits per heavy atom. The number of benzene rings is 2. The zero-order chi connectivity index (χ0) is 18.1. The molecule has 0 unspecified atom stereocenters. The summed E-state index contributed by atoms with van der Waals surface area (Å²) in [6.45, 7) is 1.85. The molecule has 0 atom stereocenters. The molecule has 0 saturated carbocycles. The highest BCUT2D eigenvalue weighted by molar-refractivity contribution is 7.22. The zero-order valence-corrected chi connectivity index (χ0v) is 15.1. The molecule has 7 heteroatoms. The van der Waals surface area contributed by atoms with Gasteiger partial charge in [-0.15, -0.1) is 0 Å². The van der Waals surface area contributed by atoms with E-state index in [0.29, 0.717) is 10.8 Å². The predicted octanol–water partition coefficient (Wildman–Crippen LogP) is 4.38. The Bertz CT molecular complexity index is 1090. The van der Waals surface area contributed by atoms with E-state index in [1.807, 2.05) is 55.5 Å². The third-order valence-electron chi connectivity index (χ3n) is 3.79. The molecule has 0 aliphatic heterocycles. The summed E-state index contributed by atoms with van der Waals surface area (Å²) in [5.41, 5.74) is 2.10. The van der Waals surface area contributed by atoms with Gasteiger partial charge in [-0.1, -0.05) is 29.5 Å². The number of amides is 1. The first kappa shape index (κ1) is 16.3. The SMILES string of the molecule is Cc1cc(C(=O)Nc2nc3ccc(Oc4ccccc4)cc3s2)n(C)n1. The average Bonchev–Trinajstić information content (AvgIpc) is 3.17. The third-order valence-corrected chi connectivity index (χ3v) is 4.73. The Hall–Kier alpha value is -3.19. The van der Waals surface area contributed by atoms with E-state index in [1.54, 1.807) is 17.8 Å². The normalized spacial score (nSPS) is 10.8. The smallest absolute Gasteiger partial charge is 0.275 e. The number of rotatable bonds is 4. The van der Waals surface area contributed by atoms with Gasteiger partial charge in [0.1, 0.15) is 17.2 Å². The molecule has 2 aromatic heterocycles. The number of para-hydroxylation sites is 1. The van der Waals surface area contributed by atoms with Crippen LogP contribution in [0.1, 0.15) is 16.2 Å². The highest BCUT2D eigenvalue weighted by Crippen LogP contribution is 2.31. The Balaban J connectivity index is 1.56. The van der Waals surface area contributed by atoms with E-state index >= 15 is 0 Å². The van der Waals surface area contributed by atoms with E-state index in [2.05, 4.69) is 15.4 Å². The zero-order valence-electron chi connectivity index (χ0n) is 14.3. The van der Waals surface area contributed by atoms with Gasteiger partial charge in [0.2, 0.25) is 0 Å². The fourth-order valence-electron chi connectivity index (χ4n) is 2.63. The van der Waals surface area contributed by atoms with Crippen molar-refractivity contribution in [1.29, 1.82) is 0 Å². The summed E-state index contributed by atoms with van der Waals surface area (Å²) < 4.78 is 8.34. The molecule has 1 amide bonds. The van der Waals surface area contributed by atoms with Gasteiger partial charge < -0.3 is 4.74 Å². The molecule has 0 spiro atoms. The lowest BCUT2D eigenvalue weighted by molar-refractivity contribution is 0.101. The van der Waals surface area contributed by atoms with Gasteiger partial charge in [0.25, 0.3) is 5.91 Å². The number of ether oxygens (including phenoxy) is 1. The number of nitrogens with zero attached hydrogens (tertiary/aromatic N) is 3. The van der Waals surface area contributed by atoms with Gasteiger partial charge in [0.05, 0.1) is 15.9 Å². The van der Waals surface area contributed by atoms with E-state index in [9.17, 15) is 4.79 Å². The highest BCUT2D eigenvalue weighted by atomic mass is 32.1. The van der Waals surface area contributed by atoms with E-state index < -0.39 is 0 Å². The second-order valence-corrected chi connectivity index (χ2v) is 6.84. The molecule has 2 aromatic carbocycles. The summed E-state index contributed by atoms with van der Waals surface area (Å²) in [4.78, 5) is 16.9. The van der Waals surface area contributed by atoms with Gasteiger partial charge >= 0.3 is 0 Å². The summed E-state index contributed by atoms with van der Waals surface area (Å²) in [5.74, 6) is 1.27. The van der Waals surface area contributed by atoms with Crippen LogP contribution in [0.25, 0.3) is 10.2 Å². The molecule has 26 heavy (non-hydrogen) atoms. The molecule has 0 radical (unpaired) electrons. The molecule has 130 valence electrons. The first-order valence-electron chi connectivity index (χ1n) is 8.04. The lowest BCUT2D eigenvalue weighted by atomic mass is 10.3. The van der Waals surface area contributed by atoms with E-state index in [-0.39, 0.29) is 5.91 Å². The molecule has 0 bridgehead atoms. The predicted molar refractivity (Wildman–Crippen MR) is 102 cm³/mol. The second-order valence-electron chi connectivity index (χ2n) is 5.81. The maximum Gasteiger partial charge on any atom is 0.275 e. The number of nitrogens with one attached hydrogen (secondary N) is 1. The molecule has 0 fully saturated rings. The van der Waals surface area contributed by atoms with Gasteiger partial charge in [-0.3, -0.25) is 14.8 Å². The molecule has 0 aliphatic rings. The third kappa shape index (κ3) is 3.29. The van der Waals surface area contributed by atoms with Crippen LogP contribution in [0.2, 0.25) is 0 Å². The standard InChI is InChI=1S/C19H16N4O2S/c1-12-10-16(23(2)22-12)18(24)21-19-20-15-9-8-14(11-17(15)26-19)25-13-6-4-3-5-7-13/h3-11H,1-2H3,(H,20,21,24). The van der Waals surface area contributed by atoms with Crippen molar-refractivity contribution in [3.05, 3.63) is 66.0 Å². The van der Waals surface area contributed by atoms with E-state index in [1.165, 1.54) is 11.3 Å². The van der Waals surface area contributed by atoms with Crippen molar-refractivity contribution in [2.75, 3.05) is 5.32 Å². The minimum absolute atomic E-state index is 0.229. The number of fused-ring (bicyclic) bond motifs is 1. The summed E-state index contributed by atoms with van der Waals surface area (Å²) in [6.07, 6.45) is 0.